The second-order valence-electron chi connectivity index (χ2n) is 4.99. The third-order valence-electron chi connectivity index (χ3n) is 3.02. The molecule has 1 heteroatoms. The Morgan fingerprint density at radius 2 is 1.83 bits per heavy atom. The molecule has 1 aliphatic rings. The molecule has 0 aromatic heterocycles. The molecule has 0 aliphatic heterocycles. The van der Waals surface area contributed by atoms with Crippen molar-refractivity contribution in [1.29, 1.82) is 0 Å². The minimum atomic E-state index is 0.176. The largest absolute Gasteiger partial charge is 0.289 e. The van der Waals surface area contributed by atoms with Gasteiger partial charge in [-0.2, -0.15) is 0 Å². The van der Waals surface area contributed by atoms with Crippen molar-refractivity contribution in [2.24, 2.45) is 0 Å². The van der Waals surface area contributed by atoms with Crippen LogP contribution in [-0.4, -0.2) is 5.78 Å². The maximum absolute atomic E-state index is 12.2. The minimum absolute atomic E-state index is 0.176. The summed E-state index contributed by atoms with van der Waals surface area (Å²) in [7, 11) is 0. The van der Waals surface area contributed by atoms with Gasteiger partial charge in [0.1, 0.15) is 0 Å². The first-order valence-corrected chi connectivity index (χ1v) is 6.23. The van der Waals surface area contributed by atoms with Crippen LogP contribution in [0.5, 0.6) is 0 Å². The Balaban J connectivity index is 2.26. The standard InChI is InChI=1S/C17H18O/c1-12(2)8-9-13(3)10-15-11-14-6-4-5-7-16(14)17(15)18/h4-10H,11H2,1-3H3/b13-9+,15-10+. The van der Waals surface area contributed by atoms with Crippen molar-refractivity contribution in [1.82, 2.24) is 0 Å². The molecule has 0 bridgehead atoms. The van der Waals surface area contributed by atoms with E-state index in [1.54, 1.807) is 0 Å². The van der Waals surface area contributed by atoms with Gasteiger partial charge in [-0.05, 0) is 26.3 Å². The van der Waals surface area contributed by atoms with Crippen LogP contribution in [0.3, 0.4) is 0 Å². The van der Waals surface area contributed by atoms with Crippen molar-refractivity contribution in [3.05, 3.63) is 70.3 Å². The second kappa shape index (κ2) is 5.18. The van der Waals surface area contributed by atoms with E-state index >= 15 is 0 Å². The van der Waals surface area contributed by atoms with Gasteiger partial charge in [-0.3, -0.25) is 4.79 Å². The lowest BCUT2D eigenvalue weighted by molar-refractivity contribution is 0.103. The fourth-order valence-corrected chi connectivity index (χ4v) is 2.09. The number of rotatable bonds is 2. The molecule has 92 valence electrons. The Hall–Kier alpha value is -1.89. The molecule has 1 aromatic carbocycles. The Morgan fingerprint density at radius 1 is 1.11 bits per heavy atom. The molecule has 0 saturated heterocycles. The lowest BCUT2D eigenvalue weighted by Crippen LogP contribution is -1.95. The van der Waals surface area contributed by atoms with Crippen LogP contribution in [0.2, 0.25) is 0 Å². The van der Waals surface area contributed by atoms with Crippen LogP contribution in [-0.2, 0) is 6.42 Å². The van der Waals surface area contributed by atoms with Crippen LogP contribution in [0.25, 0.3) is 0 Å². The fraction of sp³-hybridized carbons (Fsp3) is 0.235. The van der Waals surface area contributed by atoms with Gasteiger partial charge in [0.2, 0.25) is 0 Å². The zero-order valence-electron chi connectivity index (χ0n) is 11.2. The molecule has 1 aromatic rings. The van der Waals surface area contributed by atoms with Crippen LogP contribution in [0.1, 0.15) is 36.7 Å². The van der Waals surface area contributed by atoms with E-state index in [1.165, 1.54) is 5.57 Å². The molecular weight excluding hydrogens is 220 g/mol. The molecule has 0 N–H and O–H groups in total. The summed E-state index contributed by atoms with van der Waals surface area (Å²) in [5, 5.41) is 0. The highest BCUT2D eigenvalue weighted by Gasteiger charge is 2.23. The number of hydrogen-bond acceptors (Lipinski definition) is 1. The van der Waals surface area contributed by atoms with Crippen molar-refractivity contribution < 1.29 is 4.79 Å². The van der Waals surface area contributed by atoms with E-state index in [2.05, 4.69) is 26.0 Å². The second-order valence-corrected chi connectivity index (χ2v) is 4.99. The van der Waals surface area contributed by atoms with Gasteiger partial charge >= 0.3 is 0 Å². The number of hydrogen-bond donors (Lipinski definition) is 0. The summed E-state index contributed by atoms with van der Waals surface area (Å²) >= 11 is 0. The van der Waals surface area contributed by atoms with Crippen molar-refractivity contribution in [3.8, 4) is 0 Å². The van der Waals surface area contributed by atoms with Crippen molar-refractivity contribution in [2.45, 2.75) is 27.2 Å². The molecule has 0 spiro atoms. The molecule has 0 atom stereocenters. The molecule has 2 rings (SSSR count). The van der Waals surface area contributed by atoms with Gasteiger partial charge in [0, 0.05) is 17.6 Å². The maximum atomic E-state index is 12.2. The quantitative estimate of drug-likeness (QED) is 0.555. The van der Waals surface area contributed by atoms with E-state index in [0.29, 0.717) is 0 Å². The number of carbonyl (C=O) groups is 1. The van der Waals surface area contributed by atoms with Crippen LogP contribution in [0, 0.1) is 0 Å². The average Bonchev–Trinajstić information content (AvgIpc) is 2.65. The normalized spacial score (nSPS) is 16.9. The SMILES string of the molecule is CC(C)=C/C=C(C)/C=C1\Cc2ccccc2C1=O. The smallest absolute Gasteiger partial charge is 0.189 e. The first kappa shape index (κ1) is 12.6. The average molecular weight is 238 g/mol. The molecule has 1 nitrogen and oxygen atoms in total. The van der Waals surface area contributed by atoms with E-state index in [-0.39, 0.29) is 5.78 Å². The maximum Gasteiger partial charge on any atom is 0.189 e. The summed E-state index contributed by atoms with van der Waals surface area (Å²) in [6.45, 7) is 6.16. The molecule has 0 saturated carbocycles. The number of Topliss-reactive ketones (excluding diaryl/α,β-unsaturated/α-hetero) is 1. The third kappa shape index (κ3) is 2.67. The number of allylic oxidation sites excluding steroid dienone is 6. The van der Waals surface area contributed by atoms with Crippen LogP contribution in [0.15, 0.2) is 59.2 Å². The van der Waals surface area contributed by atoms with E-state index < -0.39 is 0 Å². The Bertz CT molecular complexity index is 567. The number of carbonyl (C=O) groups excluding carboxylic acids is 1. The summed E-state index contributed by atoms with van der Waals surface area (Å²) < 4.78 is 0. The van der Waals surface area contributed by atoms with Crippen molar-refractivity contribution in [2.75, 3.05) is 0 Å². The zero-order chi connectivity index (χ0) is 13.1. The lowest BCUT2D eigenvalue weighted by atomic mass is 10.1. The molecule has 0 amide bonds. The van der Waals surface area contributed by atoms with Gasteiger partial charge in [-0.1, -0.05) is 53.6 Å². The highest BCUT2D eigenvalue weighted by molar-refractivity contribution is 6.13. The first-order chi connectivity index (χ1) is 8.58. The monoisotopic (exact) mass is 238 g/mol. The van der Waals surface area contributed by atoms with E-state index in [9.17, 15) is 4.79 Å². The highest BCUT2D eigenvalue weighted by Crippen LogP contribution is 2.26. The van der Waals surface area contributed by atoms with Gasteiger partial charge in [0.25, 0.3) is 0 Å². The van der Waals surface area contributed by atoms with Gasteiger partial charge < -0.3 is 0 Å². The topological polar surface area (TPSA) is 17.1 Å². The van der Waals surface area contributed by atoms with Gasteiger partial charge in [0.05, 0.1) is 0 Å². The Kier molecular flexibility index (Phi) is 3.61. The van der Waals surface area contributed by atoms with Crippen LogP contribution in [0.4, 0.5) is 0 Å². The minimum Gasteiger partial charge on any atom is -0.289 e. The first-order valence-electron chi connectivity index (χ1n) is 6.23. The van der Waals surface area contributed by atoms with Crippen LogP contribution < -0.4 is 0 Å². The molecule has 0 radical (unpaired) electrons. The molecule has 18 heavy (non-hydrogen) atoms. The van der Waals surface area contributed by atoms with Crippen molar-refractivity contribution in [3.63, 3.8) is 0 Å². The van der Waals surface area contributed by atoms with E-state index in [1.807, 2.05) is 37.3 Å². The Labute approximate surface area is 109 Å². The number of ketones is 1. The molecule has 1 aliphatic carbocycles. The summed E-state index contributed by atoms with van der Waals surface area (Å²) in [6, 6.07) is 7.85. The molecular formula is C17H18O. The lowest BCUT2D eigenvalue weighted by Gasteiger charge is -1.95. The van der Waals surface area contributed by atoms with Gasteiger partial charge in [-0.15, -0.1) is 0 Å². The zero-order valence-corrected chi connectivity index (χ0v) is 11.2. The van der Waals surface area contributed by atoms with Crippen LogP contribution >= 0.6 is 0 Å². The van der Waals surface area contributed by atoms with Gasteiger partial charge in [0.15, 0.2) is 5.78 Å². The summed E-state index contributed by atoms with van der Waals surface area (Å²) in [5.74, 6) is 0.176. The molecule has 0 unspecified atom stereocenters. The third-order valence-corrected chi connectivity index (χ3v) is 3.02. The molecule has 0 heterocycles. The fourth-order valence-electron chi connectivity index (χ4n) is 2.09. The predicted octanol–water partition coefficient (Wildman–Crippen LogP) is 4.26. The van der Waals surface area contributed by atoms with Gasteiger partial charge in [-0.25, -0.2) is 0 Å². The predicted molar refractivity (Wildman–Crippen MR) is 75.7 cm³/mol. The highest BCUT2D eigenvalue weighted by atomic mass is 16.1. The molecule has 0 fully saturated rings. The summed E-state index contributed by atoms with van der Waals surface area (Å²) in [4.78, 5) is 12.2. The number of fused-ring (bicyclic) bond motifs is 1. The Morgan fingerprint density at radius 3 is 2.50 bits per heavy atom. The summed E-state index contributed by atoms with van der Waals surface area (Å²) in [6.07, 6.45) is 6.88. The van der Waals surface area contributed by atoms with E-state index in [0.717, 1.165) is 28.7 Å². The summed E-state index contributed by atoms with van der Waals surface area (Å²) in [5.41, 5.74) is 5.27. The van der Waals surface area contributed by atoms with Crippen molar-refractivity contribution >= 4 is 5.78 Å². The number of benzene rings is 1. The van der Waals surface area contributed by atoms with E-state index in [4.69, 9.17) is 0 Å².